The topological polar surface area (TPSA) is 34.2 Å². The van der Waals surface area contributed by atoms with Crippen LogP contribution in [0.5, 0.6) is 11.6 Å². The molecule has 0 radical (unpaired) electrons. The minimum Gasteiger partial charge on any atom is -0.438 e. The lowest BCUT2D eigenvalue weighted by atomic mass is 10.2. The molecule has 0 unspecified atom stereocenters. The van der Waals surface area contributed by atoms with E-state index in [2.05, 4.69) is 46.1 Å². The number of halogens is 1. The summed E-state index contributed by atoms with van der Waals surface area (Å²) in [5.41, 5.74) is 2.25. The van der Waals surface area contributed by atoms with Gasteiger partial charge >= 0.3 is 0 Å². The van der Waals surface area contributed by atoms with Crippen molar-refractivity contribution in [1.29, 1.82) is 0 Å². The van der Waals surface area contributed by atoms with Gasteiger partial charge in [0.25, 0.3) is 0 Å². The lowest BCUT2D eigenvalue weighted by Gasteiger charge is -2.11. The third-order valence-corrected chi connectivity index (χ3v) is 3.74. The highest BCUT2D eigenvalue weighted by Crippen LogP contribution is 2.28. The Morgan fingerprint density at radius 1 is 1.19 bits per heavy atom. The first-order chi connectivity index (χ1) is 10.2. The van der Waals surface area contributed by atoms with E-state index in [9.17, 15) is 0 Å². The standard InChI is InChI=1S/C17H21BrN2O/c1-3-9-19-12-13-10-14(4-2)20-17(11-13)21-16-8-6-5-7-15(16)18/h5-8,10-11,19H,3-4,9,12H2,1-2H3. The van der Waals surface area contributed by atoms with E-state index in [1.165, 1.54) is 5.56 Å². The molecule has 1 aromatic carbocycles. The summed E-state index contributed by atoms with van der Waals surface area (Å²) in [4.78, 5) is 4.55. The summed E-state index contributed by atoms with van der Waals surface area (Å²) in [7, 11) is 0. The molecule has 0 saturated heterocycles. The van der Waals surface area contributed by atoms with Gasteiger partial charge in [-0.05, 0) is 59.1 Å². The van der Waals surface area contributed by atoms with Gasteiger partial charge in [-0.3, -0.25) is 0 Å². The highest BCUT2D eigenvalue weighted by atomic mass is 79.9. The molecule has 0 aliphatic heterocycles. The first kappa shape index (κ1) is 16.0. The molecule has 21 heavy (non-hydrogen) atoms. The molecule has 1 aromatic heterocycles. The normalized spacial score (nSPS) is 10.6. The van der Waals surface area contributed by atoms with Crippen LogP contribution in [-0.4, -0.2) is 11.5 Å². The highest BCUT2D eigenvalue weighted by Gasteiger charge is 2.06. The Morgan fingerprint density at radius 3 is 2.71 bits per heavy atom. The van der Waals surface area contributed by atoms with E-state index in [0.29, 0.717) is 5.88 Å². The molecule has 3 nitrogen and oxygen atoms in total. The van der Waals surface area contributed by atoms with Crippen molar-refractivity contribution in [2.24, 2.45) is 0 Å². The lowest BCUT2D eigenvalue weighted by Crippen LogP contribution is -2.14. The first-order valence-electron chi connectivity index (χ1n) is 7.35. The zero-order valence-electron chi connectivity index (χ0n) is 12.5. The van der Waals surface area contributed by atoms with Gasteiger partial charge in [0.05, 0.1) is 4.47 Å². The van der Waals surface area contributed by atoms with Crippen LogP contribution in [0.1, 0.15) is 31.5 Å². The maximum Gasteiger partial charge on any atom is 0.219 e. The number of rotatable bonds is 7. The van der Waals surface area contributed by atoms with Crippen molar-refractivity contribution in [2.45, 2.75) is 33.2 Å². The number of hydrogen-bond donors (Lipinski definition) is 1. The second-order valence-corrected chi connectivity index (χ2v) is 5.72. The Bertz CT molecular complexity index is 587. The number of pyridine rings is 1. The quantitative estimate of drug-likeness (QED) is 0.736. The molecule has 0 atom stereocenters. The fraction of sp³-hybridized carbons (Fsp3) is 0.353. The summed E-state index contributed by atoms with van der Waals surface area (Å²) in [6.45, 7) is 6.13. The Hall–Kier alpha value is -1.39. The van der Waals surface area contributed by atoms with Crippen LogP contribution in [0.25, 0.3) is 0 Å². The predicted octanol–water partition coefficient (Wildman–Crippen LogP) is 4.70. The fourth-order valence-electron chi connectivity index (χ4n) is 2.01. The number of benzene rings is 1. The van der Waals surface area contributed by atoms with Gasteiger partial charge in [0.1, 0.15) is 5.75 Å². The number of hydrogen-bond acceptors (Lipinski definition) is 3. The molecule has 1 N–H and O–H groups in total. The van der Waals surface area contributed by atoms with Gasteiger partial charge in [0.15, 0.2) is 0 Å². The average Bonchev–Trinajstić information content (AvgIpc) is 2.50. The molecule has 0 bridgehead atoms. The minimum atomic E-state index is 0.648. The summed E-state index contributed by atoms with van der Waals surface area (Å²) in [6, 6.07) is 11.9. The van der Waals surface area contributed by atoms with Gasteiger partial charge in [-0.15, -0.1) is 0 Å². The number of nitrogens with one attached hydrogen (secondary N) is 1. The Balaban J connectivity index is 2.18. The number of aromatic nitrogens is 1. The van der Waals surface area contributed by atoms with Crippen LogP contribution in [0, 0.1) is 0 Å². The van der Waals surface area contributed by atoms with E-state index in [0.717, 1.165) is 41.8 Å². The van der Waals surface area contributed by atoms with E-state index in [1.807, 2.05) is 30.3 Å². The first-order valence-corrected chi connectivity index (χ1v) is 8.15. The predicted molar refractivity (Wildman–Crippen MR) is 89.8 cm³/mol. The van der Waals surface area contributed by atoms with Gasteiger partial charge in [-0.25, -0.2) is 4.98 Å². The van der Waals surface area contributed by atoms with Crippen LogP contribution in [-0.2, 0) is 13.0 Å². The van der Waals surface area contributed by atoms with Gasteiger partial charge in [0, 0.05) is 18.3 Å². The van der Waals surface area contributed by atoms with E-state index in [4.69, 9.17) is 4.74 Å². The number of ether oxygens (including phenoxy) is 1. The molecule has 0 amide bonds. The molecule has 112 valence electrons. The van der Waals surface area contributed by atoms with Crippen molar-refractivity contribution in [3.8, 4) is 11.6 Å². The summed E-state index contributed by atoms with van der Waals surface area (Å²) >= 11 is 3.49. The van der Waals surface area contributed by atoms with Crippen LogP contribution in [0.4, 0.5) is 0 Å². The molecular weight excluding hydrogens is 328 g/mol. The third kappa shape index (κ3) is 4.83. The summed E-state index contributed by atoms with van der Waals surface area (Å²) in [5, 5.41) is 3.41. The average molecular weight is 349 g/mol. The molecule has 4 heteroatoms. The second kappa shape index (κ2) is 8.15. The van der Waals surface area contributed by atoms with Gasteiger partial charge in [-0.1, -0.05) is 26.0 Å². The maximum absolute atomic E-state index is 5.91. The van der Waals surface area contributed by atoms with Crippen molar-refractivity contribution in [2.75, 3.05) is 6.54 Å². The summed E-state index contributed by atoms with van der Waals surface area (Å²) in [6.07, 6.45) is 2.03. The smallest absolute Gasteiger partial charge is 0.219 e. The summed E-state index contributed by atoms with van der Waals surface area (Å²) < 4.78 is 6.84. The Kier molecular flexibility index (Phi) is 6.21. The van der Waals surface area contributed by atoms with E-state index in [1.54, 1.807) is 0 Å². The minimum absolute atomic E-state index is 0.648. The Labute approximate surface area is 134 Å². The van der Waals surface area contributed by atoms with Gasteiger partial charge in [0.2, 0.25) is 5.88 Å². The maximum atomic E-state index is 5.91. The SMILES string of the molecule is CCCNCc1cc(CC)nc(Oc2ccccc2Br)c1. The molecule has 0 fully saturated rings. The van der Waals surface area contributed by atoms with Crippen LogP contribution in [0.2, 0.25) is 0 Å². The molecule has 0 spiro atoms. The van der Waals surface area contributed by atoms with Gasteiger partial charge < -0.3 is 10.1 Å². The highest BCUT2D eigenvalue weighted by molar-refractivity contribution is 9.10. The van der Waals surface area contributed by atoms with Crippen molar-refractivity contribution in [3.05, 3.63) is 52.1 Å². The van der Waals surface area contributed by atoms with Crippen LogP contribution >= 0.6 is 15.9 Å². The fourth-order valence-corrected chi connectivity index (χ4v) is 2.37. The van der Waals surface area contributed by atoms with Crippen LogP contribution in [0.3, 0.4) is 0 Å². The zero-order valence-corrected chi connectivity index (χ0v) is 14.1. The number of para-hydroxylation sites is 1. The molecule has 2 aromatic rings. The van der Waals surface area contributed by atoms with Crippen molar-refractivity contribution < 1.29 is 4.74 Å². The zero-order chi connectivity index (χ0) is 15.1. The lowest BCUT2D eigenvalue weighted by molar-refractivity contribution is 0.457. The number of aryl methyl sites for hydroxylation is 1. The molecular formula is C17H21BrN2O. The van der Waals surface area contributed by atoms with Gasteiger partial charge in [-0.2, -0.15) is 0 Å². The molecule has 2 rings (SSSR count). The van der Waals surface area contributed by atoms with E-state index in [-0.39, 0.29) is 0 Å². The van der Waals surface area contributed by atoms with E-state index < -0.39 is 0 Å². The molecule has 0 aliphatic carbocycles. The molecule has 0 aliphatic rings. The summed E-state index contributed by atoms with van der Waals surface area (Å²) in [5.74, 6) is 1.43. The van der Waals surface area contributed by atoms with Crippen molar-refractivity contribution >= 4 is 15.9 Å². The second-order valence-electron chi connectivity index (χ2n) is 4.87. The van der Waals surface area contributed by atoms with Crippen LogP contribution < -0.4 is 10.1 Å². The number of nitrogens with zero attached hydrogens (tertiary/aromatic N) is 1. The molecule has 1 heterocycles. The largest absolute Gasteiger partial charge is 0.438 e. The monoisotopic (exact) mass is 348 g/mol. The molecule has 0 saturated carbocycles. The Morgan fingerprint density at radius 2 is 2.00 bits per heavy atom. The van der Waals surface area contributed by atoms with Crippen molar-refractivity contribution in [1.82, 2.24) is 10.3 Å². The van der Waals surface area contributed by atoms with Crippen LogP contribution in [0.15, 0.2) is 40.9 Å². The van der Waals surface area contributed by atoms with E-state index >= 15 is 0 Å². The third-order valence-electron chi connectivity index (χ3n) is 3.08. The van der Waals surface area contributed by atoms with Crippen molar-refractivity contribution in [3.63, 3.8) is 0 Å².